The largest absolute Gasteiger partial charge is 0.503 e. The van der Waals surface area contributed by atoms with Crippen molar-refractivity contribution < 1.29 is 9.84 Å². The third-order valence-electron chi connectivity index (χ3n) is 5.14. The van der Waals surface area contributed by atoms with Gasteiger partial charge in [-0.05, 0) is 43.2 Å². The number of aryl methyl sites for hydroxylation is 2. The topological polar surface area (TPSA) is 58.0 Å². The first-order valence-electron chi connectivity index (χ1n) is 9.64. The molecule has 5 heteroatoms. The molecule has 0 unspecified atom stereocenters. The maximum atomic E-state index is 10.4. The van der Waals surface area contributed by atoms with Crippen LogP contribution in [0.15, 0.2) is 72.4 Å². The van der Waals surface area contributed by atoms with Crippen LogP contribution < -0.4 is 9.64 Å². The fourth-order valence-electron chi connectivity index (χ4n) is 3.66. The van der Waals surface area contributed by atoms with Crippen molar-refractivity contribution in [3.05, 3.63) is 89.8 Å². The predicted octanol–water partition coefficient (Wildman–Crippen LogP) is 5.65. The number of para-hydroxylation sites is 2. The number of pyridine rings is 1. The molecule has 0 saturated heterocycles. The number of aromatic nitrogens is 1. The standard InChI is InChI=1S/C25H23N3O2/c1-16-8-7-9-17(2)24(16)28-18(3)19-10-5-6-11-20(19)27-23(28)13-12-21-25(29)22(30-4)14-15-26-21/h5-15,29H,3H2,1-2,4H3/b13-12+. The molecular formula is C25H23N3O2. The molecule has 0 atom stereocenters. The lowest BCUT2D eigenvalue weighted by atomic mass is 10.0. The molecule has 2 aromatic carbocycles. The fourth-order valence-corrected chi connectivity index (χ4v) is 3.66. The van der Waals surface area contributed by atoms with Gasteiger partial charge in [0.2, 0.25) is 0 Å². The van der Waals surface area contributed by atoms with E-state index in [1.54, 1.807) is 18.3 Å². The molecule has 3 aromatic rings. The Kier molecular flexibility index (Phi) is 5.11. The first-order valence-corrected chi connectivity index (χ1v) is 9.64. The van der Waals surface area contributed by atoms with Crippen LogP contribution in [-0.4, -0.2) is 23.0 Å². The molecule has 1 N–H and O–H groups in total. The molecule has 0 bridgehead atoms. The van der Waals surface area contributed by atoms with Crippen LogP contribution >= 0.6 is 0 Å². The summed E-state index contributed by atoms with van der Waals surface area (Å²) in [7, 11) is 1.51. The molecule has 150 valence electrons. The zero-order chi connectivity index (χ0) is 21.3. The summed E-state index contributed by atoms with van der Waals surface area (Å²) in [4.78, 5) is 11.2. The molecule has 0 aliphatic carbocycles. The highest BCUT2D eigenvalue weighted by Crippen LogP contribution is 2.39. The van der Waals surface area contributed by atoms with Gasteiger partial charge >= 0.3 is 0 Å². The number of fused-ring (bicyclic) bond motifs is 1. The average molecular weight is 397 g/mol. The highest BCUT2D eigenvalue weighted by molar-refractivity contribution is 6.19. The van der Waals surface area contributed by atoms with Gasteiger partial charge in [-0.25, -0.2) is 4.99 Å². The predicted molar refractivity (Wildman–Crippen MR) is 122 cm³/mol. The van der Waals surface area contributed by atoms with Crippen molar-refractivity contribution in [1.82, 2.24) is 4.98 Å². The second kappa shape index (κ2) is 7.87. The van der Waals surface area contributed by atoms with Crippen molar-refractivity contribution in [2.45, 2.75) is 13.8 Å². The number of anilines is 1. The van der Waals surface area contributed by atoms with Crippen molar-refractivity contribution in [3.63, 3.8) is 0 Å². The van der Waals surface area contributed by atoms with Gasteiger partial charge in [0.1, 0.15) is 11.5 Å². The molecule has 5 nitrogen and oxygen atoms in total. The first kappa shape index (κ1) is 19.5. The van der Waals surface area contributed by atoms with E-state index in [0.29, 0.717) is 17.3 Å². The van der Waals surface area contributed by atoms with Crippen molar-refractivity contribution in [2.75, 3.05) is 12.0 Å². The number of ether oxygens (including phenoxy) is 1. The highest BCUT2D eigenvalue weighted by Gasteiger charge is 2.25. The van der Waals surface area contributed by atoms with Crippen LogP contribution in [0, 0.1) is 13.8 Å². The van der Waals surface area contributed by atoms with E-state index in [1.165, 1.54) is 7.11 Å². The van der Waals surface area contributed by atoms with Gasteiger partial charge in [-0.3, -0.25) is 9.88 Å². The van der Waals surface area contributed by atoms with E-state index in [1.807, 2.05) is 36.4 Å². The number of nitrogens with zero attached hydrogens (tertiary/aromatic N) is 3. The Balaban J connectivity index is 1.86. The molecule has 0 saturated carbocycles. The average Bonchev–Trinajstić information content (AvgIpc) is 2.74. The Hall–Kier alpha value is -3.86. The quantitative estimate of drug-likeness (QED) is 0.618. The first-order chi connectivity index (χ1) is 14.5. The minimum Gasteiger partial charge on any atom is -0.503 e. The summed E-state index contributed by atoms with van der Waals surface area (Å²) in [6.45, 7) is 8.52. The van der Waals surface area contributed by atoms with Gasteiger partial charge in [0.05, 0.1) is 18.5 Å². The number of aliphatic imine (C=N–C) groups is 1. The molecule has 0 spiro atoms. The maximum absolute atomic E-state index is 10.4. The summed E-state index contributed by atoms with van der Waals surface area (Å²) in [6.07, 6.45) is 5.17. The van der Waals surface area contributed by atoms with Crippen LogP contribution in [0.3, 0.4) is 0 Å². The summed E-state index contributed by atoms with van der Waals surface area (Å²) in [5.41, 5.74) is 6.39. The second-order valence-electron chi connectivity index (χ2n) is 7.09. The second-order valence-corrected chi connectivity index (χ2v) is 7.09. The van der Waals surface area contributed by atoms with Gasteiger partial charge in [-0.1, -0.05) is 43.0 Å². The minimum absolute atomic E-state index is 0.00879. The number of aromatic hydroxyl groups is 1. The lowest BCUT2D eigenvalue weighted by Gasteiger charge is -2.33. The number of hydrogen-bond acceptors (Lipinski definition) is 5. The van der Waals surface area contributed by atoms with Crippen molar-refractivity contribution in [1.29, 1.82) is 0 Å². The van der Waals surface area contributed by atoms with E-state index in [2.05, 4.69) is 42.4 Å². The maximum Gasteiger partial charge on any atom is 0.184 e. The van der Waals surface area contributed by atoms with Gasteiger partial charge in [-0.15, -0.1) is 0 Å². The van der Waals surface area contributed by atoms with E-state index in [-0.39, 0.29) is 5.75 Å². The number of amidine groups is 1. The lowest BCUT2D eigenvalue weighted by molar-refractivity contribution is 0.371. The molecule has 1 aliphatic heterocycles. The summed E-state index contributed by atoms with van der Waals surface area (Å²) in [5, 5.41) is 10.4. The molecule has 30 heavy (non-hydrogen) atoms. The van der Waals surface area contributed by atoms with Crippen molar-refractivity contribution in [2.24, 2.45) is 4.99 Å². The van der Waals surface area contributed by atoms with Crippen LogP contribution in [0.5, 0.6) is 11.5 Å². The zero-order valence-corrected chi connectivity index (χ0v) is 17.3. The third-order valence-corrected chi connectivity index (χ3v) is 5.14. The van der Waals surface area contributed by atoms with Crippen LogP contribution in [0.2, 0.25) is 0 Å². The molecule has 0 radical (unpaired) electrons. The van der Waals surface area contributed by atoms with E-state index in [4.69, 9.17) is 9.73 Å². The van der Waals surface area contributed by atoms with Gasteiger partial charge in [0.25, 0.3) is 0 Å². The van der Waals surface area contributed by atoms with Gasteiger partial charge in [0.15, 0.2) is 11.5 Å². The summed E-state index contributed by atoms with van der Waals surface area (Å²) in [6, 6.07) is 15.8. The summed E-state index contributed by atoms with van der Waals surface area (Å²) >= 11 is 0. The van der Waals surface area contributed by atoms with E-state index < -0.39 is 0 Å². The Bertz CT molecular complexity index is 1170. The zero-order valence-electron chi connectivity index (χ0n) is 17.3. The number of benzene rings is 2. The number of rotatable bonds is 4. The summed E-state index contributed by atoms with van der Waals surface area (Å²) < 4.78 is 5.18. The molecule has 0 fully saturated rings. The monoisotopic (exact) mass is 397 g/mol. The van der Waals surface area contributed by atoms with E-state index in [9.17, 15) is 5.11 Å². The van der Waals surface area contributed by atoms with Crippen LogP contribution in [0.4, 0.5) is 11.4 Å². The lowest BCUT2D eigenvalue weighted by Crippen LogP contribution is -2.31. The Morgan fingerprint density at radius 3 is 2.47 bits per heavy atom. The van der Waals surface area contributed by atoms with Crippen LogP contribution in [0.25, 0.3) is 11.8 Å². The number of methoxy groups -OCH3 is 1. The Labute approximate surface area is 176 Å². The van der Waals surface area contributed by atoms with Crippen molar-refractivity contribution >= 4 is 29.0 Å². The molecule has 4 rings (SSSR count). The molecule has 0 amide bonds. The molecule has 1 aliphatic rings. The highest BCUT2D eigenvalue weighted by atomic mass is 16.5. The van der Waals surface area contributed by atoms with Crippen molar-refractivity contribution in [3.8, 4) is 11.5 Å². The minimum atomic E-state index is -0.00879. The van der Waals surface area contributed by atoms with E-state index >= 15 is 0 Å². The SMILES string of the molecule is C=C1c2ccccc2N=C(/C=C/c2nccc(OC)c2O)N1c1c(C)cccc1C. The van der Waals surface area contributed by atoms with Crippen LogP contribution in [-0.2, 0) is 0 Å². The van der Waals surface area contributed by atoms with Crippen LogP contribution in [0.1, 0.15) is 22.4 Å². The van der Waals surface area contributed by atoms with E-state index in [0.717, 1.165) is 33.8 Å². The smallest absolute Gasteiger partial charge is 0.184 e. The number of hydrogen-bond donors (Lipinski definition) is 1. The van der Waals surface area contributed by atoms with Gasteiger partial charge in [-0.2, -0.15) is 0 Å². The Morgan fingerprint density at radius 1 is 1.00 bits per heavy atom. The third kappa shape index (κ3) is 3.35. The Morgan fingerprint density at radius 2 is 1.73 bits per heavy atom. The molecule has 1 aromatic heterocycles. The normalized spacial score (nSPS) is 13.4. The van der Waals surface area contributed by atoms with Gasteiger partial charge < -0.3 is 9.84 Å². The van der Waals surface area contributed by atoms with Gasteiger partial charge in [0, 0.05) is 23.5 Å². The molecular weight excluding hydrogens is 374 g/mol. The molecule has 2 heterocycles. The fraction of sp³-hybridized carbons (Fsp3) is 0.120. The summed E-state index contributed by atoms with van der Waals surface area (Å²) in [5.74, 6) is 1.06.